The molecule has 0 radical (unpaired) electrons. The molecule has 0 aliphatic rings. The molecule has 0 fully saturated rings. The van der Waals surface area contributed by atoms with Crippen molar-refractivity contribution in [2.75, 3.05) is 5.32 Å². The van der Waals surface area contributed by atoms with E-state index in [1.807, 2.05) is 0 Å². The molecule has 2 aromatic rings. The van der Waals surface area contributed by atoms with E-state index in [1.54, 1.807) is 32.2 Å². The van der Waals surface area contributed by atoms with Crippen LogP contribution in [0.25, 0.3) is 0 Å². The molecule has 0 aliphatic heterocycles. The predicted molar refractivity (Wildman–Crippen MR) is 79.2 cm³/mol. The normalized spacial score (nSPS) is 12.2. The molecule has 106 valence electrons. The number of nitrogens with one attached hydrogen (secondary N) is 1. The fourth-order valence-electron chi connectivity index (χ4n) is 1.36. The van der Waals surface area contributed by atoms with E-state index in [2.05, 4.69) is 20.8 Å². The van der Waals surface area contributed by atoms with Crippen molar-refractivity contribution in [1.82, 2.24) is 20.2 Å². The second-order valence-electron chi connectivity index (χ2n) is 3.96. The molecular weight excluding hydrogens is 321 g/mol. The molecule has 9 heteroatoms. The number of tetrazole rings is 1. The number of amides is 1. The molecule has 0 aliphatic carbocycles. The number of aromatic nitrogens is 4. The lowest BCUT2D eigenvalue weighted by molar-refractivity contribution is -0.115. The summed E-state index contributed by atoms with van der Waals surface area (Å²) in [5, 5.41) is 14.9. The zero-order chi connectivity index (χ0) is 14.7. The van der Waals surface area contributed by atoms with Crippen molar-refractivity contribution in [3.8, 4) is 0 Å². The lowest BCUT2D eigenvalue weighted by Crippen LogP contribution is -2.23. The van der Waals surface area contributed by atoms with Crippen LogP contribution in [0.4, 0.5) is 5.69 Å². The monoisotopic (exact) mass is 331 g/mol. The van der Waals surface area contributed by atoms with Gasteiger partial charge in [0.2, 0.25) is 11.1 Å². The maximum atomic E-state index is 12.1. The zero-order valence-electron chi connectivity index (χ0n) is 10.7. The summed E-state index contributed by atoms with van der Waals surface area (Å²) in [6.07, 6.45) is 0. The fourth-order valence-corrected chi connectivity index (χ4v) is 2.45. The van der Waals surface area contributed by atoms with E-state index in [4.69, 9.17) is 23.2 Å². The van der Waals surface area contributed by atoms with E-state index < -0.39 is 0 Å². The summed E-state index contributed by atoms with van der Waals surface area (Å²) in [5.41, 5.74) is 0.479. The highest BCUT2D eigenvalue weighted by molar-refractivity contribution is 8.00. The molecule has 2 rings (SSSR count). The van der Waals surface area contributed by atoms with Crippen LogP contribution in [0.1, 0.15) is 6.92 Å². The van der Waals surface area contributed by atoms with E-state index >= 15 is 0 Å². The second kappa shape index (κ2) is 6.43. The number of carbonyl (C=O) groups excluding carboxylic acids is 1. The molecule has 20 heavy (non-hydrogen) atoms. The minimum absolute atomic E-state index is 0.206. The van der Waals surface area contributed by atoms with Gasteiger partial charge in [-0.3, -0.25) is 4.79 Å². The highest BCUT2D eigenvalue weighted by Crippen LogP contribution is 2.27. The first-order valence-electron chi connectivity index (χ1n) is 5.62. The molecule has 0 bridgehead atoms. The van der Waals surface area contributed by atoms with Crippen molar-refractivity contribution in [2.24, 2.45) is 7.05 Å². The van der Waals surface area contributed by atoms with Crippen LogP contribution in [0, 0.1) is 0 Å². The van der Waals surface area contributed by atoms with Gasteiger partial charge >= 0.3 is 0 Å². The van der Waals surface area contributed by atoms with Gasteiger partial charge in [-0.2, -0.15) is 0 Å². The van der Waals surface area contributed by atoms with Gasteiger partial charge in [-0.05, 0) is 35.5 Å². The Hall–Kier alpha value is -1.31. The van der Waals surface area contributed by atoms with Crippen molar-refractivity contribution in [3.05, 3.63) is 28.2 Å². The molecule has 0 saturated carbocycles. The van der Waals surface area contributed by atoms with Gasteiger partial charge in [-0.25, -0.2) is 4.68 Å². The van der Waals surface area contributed by atoms with Gasteiger partial charge in [0.05, 0.1) is 16.0 Å². The topological polar surface area (TPSA) is 72.7 Å². The number of halogens is 2. The Kier molecular flexibility index (Phi) is 4.85. The van der Waals surface area contributed by atoms with Gasteiger partial charge in [-0.1, -0.05) is 35.0 Å². The number of carbonyl (C=O) groups is 1. The van der Waals surface area contributed by atoms with Gasteiger partial charge in [-0.15, -0.1) is 5.10 Å². The number of hydrogen-bond acceptors (Lipinski definition) is 5. The molecule has 0 saturated heterocycles. The Morgan fingerprint density at radius 1 is 1.45 bits per heavy atom. The molecule has 1 heterocycles. The number of thioether (sulfide) groups is 1. The third kappa shape index (κ3) is 3.62. The number of anilines is 1. The van der Waals surface area contributed by atoms with Crippen LogP contribution in [0.5, 0.6) is 0 Å². The van der Waals surface area contributed by atoms with Crippen molar-refractivity contribution in [1.29, 1.82) is 0 Å². The van der Waals surface area contributed by atoms with Gasteiger partial charge < -0.3 is 5.32 Å². The standard InChI is InChI=1S/C11H11Cl2N5OS/c1-6(20-11-15-16-17-18(11)2)10(19)14-9-5-7(12)3-4-8(9)13/h3-6H,1-2H3,(H,14,19). The van der Waals surface area contributed by atoms with E-state index in [9.17, 15) is 4.79 Å². The van der Waals surface area contributed by atoms with Crippen molar-refractivity contribution in [3.63, 3.8) is 0 Å². The van der Waals surface area contributed by atoms with Gasteiger partial charge in [0, 0.05) is 12.1 Å². The Bertz CT molecular complexity index is 633. The molecule has 0 spiro atoms. The van der Waals surface area contributed by atoms with Crippen molar-refractivity contribution in [2.45, 2.75) is 17.3 Å². The highest BCUT2D eigenvalue weighted by Gasteiger charge is 2.18. The highest BCUT2D eigenvalue weighted by atomic mass is 35.5. The number of rotatable bonds is 4. The largest absolute Gasteiger partial charge is 0.324 e. The summed E-state index contributed by atoms with van der Waals surface area (Å²) in [6.45, 7) is 1.76. The lowest BCUT2D eigenvalue weighted by atomic mass is 10.3. The van der Waals surface area contributed by atoms with Gasteiger partial charge in [0.1, 0.15) is 0 Å². The molecule has 1 atom stereocenters. The summed E-state index contributed by atoms with van der Waals surface area (Å²) >= 11 is 13.1. The molecule has 1 aromatic heterocycles. The first-order valence-corrected chi connectivity index (χ1v) is 7.26. The van der Waals surface area contributed by atoms with Crippen molar-refractivity contribution < 1.29 is 4.79 Å². The summed E-state index contributed by atoms with van der Waals surface area (Å²) in [5.74, 6) is -0.206. The first-order chi connectivity index (χ1) is 9.47. The van der Waals surface area contributed by atoms with Crippen molar-refractivity contribution >= 4 is 46.6 Å². The Morgan fingerprint density at radius 3 is 2.85 bits per heavy atom. The second-order valence-corrected chi connectivity index (χ2v) is 6.11. The average molecular weight is 332 g/mol. The predicted octanol–water partition coefficient (Wildman–Crippen LogP) is 2.64. The average Bonchev–Trinajstić information content (AvgIpc) is 2.79. The lowest BCUT2D eigenvalue weighted by Gasteiger charge is -2.12. The maximum absolute atomic E-state index is 12.1. The quantitative estimate of drug-likeness (QED) is 0.872. The fraction of sp³-hybridized carbons (Fsp3) is 0.273. The minimum Gasteiger partial charge on any atom is -0.324 e. The van der Waals surface area contributed by atoms with E-state index in [0.29, 0.717) is 20.9 Å². The molecule has 1 amide bonds. The molecule has 6 nitrogen and oxygen atoms in total. The molecule has 1 N–H and O–H groups in total. The van der Waals surface area contributed by atoms with E-state index in [1.165, 1.54) is 16.4 Å². The smallest absolute Gasteiger partial charge is 0.237 e. The van der Waals surface area contributed by atoms with Crippen LogP contribution in [-0.4, -0.2) is 31.4 Å². The Balaban J connectivity index is 2.04. The number of hydrogen-bond donors (Lipinski definition) is 1. The van der Waals surface area contributed by atoms with Gasteiger partial charge in [0.25, 0.3) is 0 Å². The van der Waals surface area contributed by atoms with Crippen LogP contribution in [0.3, 0.4) is 0 Å². The molecular formula is C11H11Cl2N5OS. The third-order valence-corrected chi connectivity index (χ3v) is 4.11. The zero-order valence-corrected chi connectivity index (χ0v) is 13.0. The van der Waals surface area contributed by atoms with Crippen LogP contribution in [-0.2, 0) is 11.8 Å². The van der Waals surface area contributed by atoms with Crippen LogP contribution >= 0.6 is 35.0 Å². The van der Waals surface area contributed by atoms with E-state index in [0.717, 1.165) is 0 Å². The Labute approximate surface area is 129 Å². The minimum atomic E-state index is -0.380. The number of benzene rings is 1. The summed E-state index contributed by atoms with van der Waals surface area (Å²) in [6, 6.07) is 4.88. The first kappa shape index (κ1) is 15.1. The van der Waals surface area contributed by atoms with E-state index in [-0.39, 0.29) is 11.2 Å². The molecule has 1 unspecified atom stereocenters. The van der Waals surface area contributed by atoms with Crippen LogP contribution in [0.15, 0.2) is 23.4 Å². The van der Waals surface area contributed by atoms with Gasteiger partial charge in [0.15, 0.2) is 0 Å². The number of nitrogens with zero attached hydrogens (tertiary/aromatic N) is 4. The maximum Gasteiger partial charge on any atom is 0.237 e. The van der Waals surface area contributed by atoms with Crippen LogP contribution < -0.4 is 5.32 Å². The SMILES string of the molecule is CC(Sc1nnnn1C)C(=O)Nc1cc(Cl)ccc1Cl. The third-order valence-electron chi connectivity index (χ3n) is 2.42. The summed E-state index contributed by atoms with van der Waals surface area (Å²) in [7, 11) is 1.71. The van der Waals surface area contributed by atoms with Crippen LogP contribution in [0.2, 0.25) is 10.0 Å². The summed E-state index contributed by atoms with van der Waals surface area (Å²) < 4.78 is 1.50. The number of aryl methyl sites for hydroxylation is 1. The molecule has 1 aromatic carbocycles. The summed E-state index contributed by atoms with van der Waals surface area (Å²) in [4.78, 5) is 12.1. The Morgan fingerprint density at radius 2 is 2.20 bits per heavy atom.